The third-order valence-electron chi connectivity index (χ3n) is 2.47. The molecule has 1 saturated carbocycles. The number of nitrogens with two attached hydrogens (primary N) is 1. The summed E-state index contributed by atoms with van der Waals surface area (Å²) in [5, 5.41) is 11.0. The van der Waals surface area contributed by atoms with Crippen LogP contribution in [0.5, 0.6) is 0 Å². The predicted molar refractivity (Wildman–Crippen MR) is 65.4 cm³/mol. The Bertz CT molecular complexity index is 377. The van der Waals surface area contributed by atoms with Gasteiger partial charge in [0.2, 0.25) is 11.0 Å². The number of amides is 1. The van der Waals surface area contributed by atoms with Crippen molar-refractivity contribution < 1.29 is 4.79 Å². The monoisotopic (exact) mass is 258 g/mol. The molecule has 0 spiro atoms. The Balaban J connectivity index is 1.70. The van der Waals surface area contributed by atoms with Crippen LogP contribution in [0.3, 0.4) is 0 Å². The summed E-state index contributed by atoms with van der Waals surface area (Å²) in [4.78, 5) is 11.6. The molecular formula is C9H14N4OS2. The molecule has 0 unspecified atom stereocenters. The molecule has 1 aliphatic carbocycles. The summed E-state index contributed by atoms with van der Waals surface area (Å²) in [5.41, 5.74) is 5.44. The van der Waals surface area contributed by atoms with Crippen molar-refractivity contribution in [2.24, 2.45) is 5.92 Å². The minimum atomic E-state index is 0.0539. The van der Waals surface area contributed by atoms with Crippen LogP contribution in [0.4, 0.5) is 5.13 Å². The quantitative estimate of drug-likeness (QED) is 0.774. The molecule has 1 atom stereocenters. The molecule has 0 radical (unpaired) electrons. The Morgan fingerprint density at radius 3 is 3.00 bits per heavy atom. The zero-order chi connectivity index (χ0) is 11.5. The first-order chi connectivity index (χ1) is 7.65. The summed E-state index contributed by atoms with van der Waals surface area (Å²) in [5.74, 6) is 1.12. The summed E-state index contributed by atoms with van der Waals surface area (Å²) >= 11 is 2.68. The lowest BCUT2D eigenvalue weighted by Gasteiger charge is -2.11. The van der Waals surface area contributed by atoms with E-state index in [0.29, 0.717) is 22.8 Å². The van der Waals surface area contributed by atoms with Crippen molar-refractivity contribution in [3.63, 3.8) is 0 Å². The lowest BCUT2D eigenvalue weighted by Crippen LogP contribution is -2.35. The first-order valence-corrected chi connectivity index (χ1v) is 6.96. The van der Waals surface area contributed by atoms with Crippen LogP contribution >= 0.6 is 23.1 Å². The van der Waals surface area contributed by atoms with Crippen molar-refractivity contribution in [1.29, 1.82) is 0 Å². The molecule has 2 rings (SSSR count). The molecule has 88 valence electrons. The third-order valence-corrected chi connectivity index (χ3v) is 4.35. The molecule has 1 aromatic heterocycles. The van der Waals surface area contributed by atoms with Gasteiger partial charge in [0.25, 0.3) is 0 Å². The van der Waals surface area contributed by atoms with Crippen LogP contribution in [0.2, 0.25) is 0 Å². The van der Waals surface area contributed by atoms with E-state index in [1.807, 2.05) is 0 Å². The average molecular weight is 258 g/mol. The predicted octanol–water partition coefficient (Wildman–Crippen LogP) is 1.13. The van der Waals surface area contributed by atoms with Crippen molar-refractivity contribution in [3.8, 4) is 0 Å². The Hall–Kier alpha value is -0.820. The first kappa shape index (κ1) is 11.7. The Kier molecular flexibility index (Phi) is 3.65. The second-order valence-corrected chi connectivity index (χ2v) is 6.12. The van der Waals surface area contributed by atoms with E-state index in [4.69, 9.17) is 5.73 Å². The minimum Gasteiger partial charge on any atom is -0.374 e. The van der Waals surface area contributed by atoms with Gasteiger partial charge < -0.3 is 11.1 Å². The normalized spacial score (nSPS) is 17.1. The number of hydrogen-bond donors (Lipinski definition) is 2. The van der Waals surface area contributed by atoms with Crippen molar-refractivity contribution in [2.45, 2.75) is 30.1 Å². The number of carbonyl (C=O) groups is 1. The largest absolute Gasteiger partial charge is 0.374 e. The zero-order valence-electron chi connectivity index (χ0n) is 8.97. The van der Waals surface area contributed by atoms with Crippen molar-refractivity contribution in [1.82, 2.24) is 15.5 Å². The molecule has 0 bridgehead atoms. The number of nitrogens with one attached hydrogen (secondary N) is 1. The summed E-state index contributed by atoms with van der Waals surface area (Å²) in [6, 6.07) is 0.299. The van der Waals surface area contributed by atoms with Gasteiger partial charge in [-0.1, -0.05) is 23.1 Å². The third kappa shape index (κ3) is 3.34. The van der Waals surface area contributed by atoms with Crippen LogP contribution in [-0.2, 0) is 4.79 Å². The van der Waals surface area contributed by atoms with Gasteiger partial charge in [-0.15, -0.1) is 10.2 Å². The maximum absolute atomic E-state index is 11.6. The fourth-order valence-corrected chi connectivity index (χ4v) is 2.86. The van der Waals surface area contributed by atoms with E-state index in [0.717, 1.165) is 4.34 Å². The van der Waals surface area contributed by atoms with Gasteiger partial charge in [0, 0.05) is 6.04 Å². The number of aromatic nitrogens is 2. The van der Waals surface area contributed by atoms with Gasteiger partial charge in [-0.3, -0.25) is 4.79 Å². The number of carbonyl (C=O) groups excluding carboxylic acids is 1. The van der Waals surface area contributed by atoms with Gasteiger partial charge in [-0.25, -0.2) is 0 Å². The molecule has 3 N–H and O–H groups in total. The SMILES string of the molecule is C[C@@H](NC(=O)CSc1nnc(N)s1)C1CC1. The second-order valence-electron chi connectivity index (χ2n) is 3.89. The highest BCUT2D eigenvalue weighted by molar-refractivity contribution is 8.01. The topological polar surface area (TPSA) is 80.9 Å². The summed E-state index contributed by atoms with van der Waals surface area (Å²) in [6.07, 6.45) is 2.48. The van der Waals surface area contributed by atoms with E-state index in [9.17, 15) is 4.79 Å². The van der Waals surface area contributed by atoms with E-state index >= 15 is 0 Å². The molecule has 0 aliphatic heterocycles. The van der Waals surface area contributed by atoms with E-state index in [1.54, 1.807) is 0 Å². The Morgan fingerprint density at radius 2 is 2.44 bits per heavy atom. The molecule has 1 heterocycles. The molecule has 7 heteroatoms. The number of thioether (sulfide) groups is 1. The zero-order valence-corrected chi connectivity index (χ0v) is 10.6. The lowest BCUT2D eigenvalue weighted by molar-refractivity contribution is -0.119. The number of rotatable bonds is 5. The summed E-state index contributed by atoms with van der Waals surface area (Å²) in [7, 11) is 0. The molecule has 16 heavy (non-hydrogen) atoms. The highest BCUT2D eigenvalue weighted by Gasteiger charge is 2.28. The van der Waals surface area contributed by atoms with E-state index in [2.05, 4.69) is 22.4 Å². The standard InChI is InChI=1S/C9H14N4OS2/c1-5(6-2-3-6)11-7(14)4-15-9-13-12-8(10)16-9/h5-6H,2-4H2,1H3,(H2,10,12)(H,11,14)/t5-/m1/s1. The molecule has 5 nitrogen and oxygen atoms in total. The minimum absolute atomic E-state index is 0.0539. The highest BCUT2D eigenvalue weighted by atomic mass is 32.2. The van der Waals surface area contributed by atoms with Gasteiger partial charge in [-0.05, 0) is 25.7 Å². The molecule has 0 aromatic carbocycles. The number of anilines is 1. The Morgan fingerprint density at radius 1 is 1.69 bits per heavy atom. The van der Waals surface area contributed by atoms with Crippen LogP contribution in [0.25, 0.3) is 0 Å². The molecule has 1 fully saturated rings. The molecule has 1 aliphatic rings. The Labute approximate surface area is 102 Å². The fraction of sp³-hybridized carbons (Fsp3) is 0.667. The second kappa shape index (κ2) is 5.01. The fourth-order valence-electron chi connectivity index (χ4n) is 1.42. The summed E-state index contributed by atoms with van der Waals surface area (Å²) < 4.78 is 0.742. The molecule has 0 saturated heterocycles. The number of hydrogen-bond acceptors (Lipinski definition) is 6. The summed E-state index contributed by atoms with van der Waals surface area (Å²) in [6.45, 7) is 2.06. The van der Waals surface area contributed by atoms with Crippen LogP contribution in [0, 0.1) is 5.92 Å². The smallest absolute Gasteiger partial charge is 0.230 e. The maximum atomic E-state index is 11.6. The van der Waals surface area contributed by atoms with Gasteiger partial charge in [0.15, 0.2) is 4.34 Å². The van der Waals surface area contributed by atoms with Crippen LogP contribution in [-0.4, -0.2) is 27.9 Å². The van der Waals surface area contributed by atoms with E-state index < -0.39 is 0 Å². The van der Waals surface area contributed by atoms with Gasteiger partial charge in [0.05, 0.1) is 5.75 Å². The van der Waals surface area contributed by atoms with E-state index in [1.165, 1.54) is 35.9 Å². The molecule has 1 amide bonds. The van der Waals surface area contributed by atoms with Crippen LogP contribution < -0.4 is 11.1 Å². The van der Waals surface area contributed by atoms with Crippen LogP contribution in [0.15, 0.2) is 4.34 Å². The van der Waals surface area contributed by atoms with Crippen LogP contribution in [0.1, 0.15) is 19.8 Å². The maximum Gasteiger partial charge on any atom is 0.230 e. The number of nitrogen functional groups attached to an aromatic ring is 1. The van der Waals surface area contributed by atoms with Gasteiger partial charge in [0.1, 0.15) is 0 Å². The number of nitrogens with zero attached hydrogens (tertiary/aromatic N) is 2. The highest BCUT2D eigenvalue weighted by Crippen LogP contribution is 2.32. The molecular weight excluding hydrogens is 244 g/mol. The molecule has 1 aromatic rings. The van der Waals surface area contributed by atoms with Gasteiger partial charge in [-0.2, -0.15) is 0 Å². The first-order valence-electron chi connectivity index (χ1n) is 5.16. The van der Waals surface area contributed by atoms with E-state index in [-0.39, 0.29) is 5.91 Å². The van der Waals surface area contributed by atoms with Crippen molar-refractivity contribution in [2.75, 3.05) is 11.5 Å². The van der Waals surface area contributed by atoms with Gasteiger partial charge >= 0.3 is 0 Å². The van der Waals surface area contributed by atoms with Crippen molar-refractivity contribution in [3.05, 3.63) is 0 Å². The van der Waals surface area contributed by atoms with Crippen molar-refractivity contribution >= 4 is 34.1 Å². The average Bonchev–Trinajstić information content (AvgIpc) is 3.00. The lowest BCUT2D eigenvalue weighted by atomic mass is 10.2.